The summed E-state index contributed by atoms with van der Waals surface area (Å²) in [6.45, 7) is 16.2. The molecule has 19 heavy (non-hydrogen) atoms. The Kier molecular flexibility index (Phi) is 6.67. The first-order valence-corrected chi connectivity index (χ1v) is 6.58. The average Bonchev–Trinajstić information content (AvgIpc) is 2.30. The number of nitrogens with one attached hydrogen (secondary N) is 1. The van der Waals surface area contributed by atoms with E-state index in [0.29, 0.717) is 23.7 Å². The molecule has 108 valence electrons. The van der Waals surface area contributed by atoms with Crippen LogP contribution in [0.4, 0.5) is 0 Å². The van der Waals surface area contributed by atoms with Crippen LogP contribution in [-0.4, -0.2) is 31.9 Å². The van der Waals surface area contributed by atoms with Gasteiger partial charge in [-0.15, -0.1) is 0 Å². The maximum Gasteiger partial charge on any atom is 0.249 e. The predicted octanol–water partition coefficient (Wildman–Crippen LogP) is 2.85. The summed E-state index contributed by atoms with van der Waals surface area (Å²) in [5.74, 6) is 0.306. The highest BCUT2D eigenvalue weighted by Gasteiger charge is 2.24. The SMILES string of the molecule is C=N/C(C(=NC)C(C)(C)C)=C(/C)C(=O)NCC(C)C. The molecule has 0 aliphatic rings. The molecule has 0 heterocycles. The van der Waals surface area contributed by atoms with E-state index in [1.807, 2.05) is 20.8 Å². The van der Waals surface area contributed by atoms with E-state index >= 15 is 0 Å². The number of allylic oxidation sites excluding steroid dienone is 1. The van der Waals surface area contributed by atoms with Gasteiger partial charge in [0.1, 0.15) is 0 Å². The van der Waals surface area contributed by atoms with Crippen molar-refractivity contribution in [1.29, 1.82) is 0 Å². The maximum atomic E-state index is 12.1. The molecule has 0 rings (SSSR count). The number of aliphatic imine (C=N–C) groups is 2. The van der Waals surface area contributed by atoms with Crippen molar-refractivity contribution < 1.29 is 4.79 Å². The first-order chi connectivity index (χ1) is 8.65. The standard InChI is InChI=1S/C15H27N3O/c1-10(2)9-18-14(19)11(3)12(16-7)13(17-8)15(4,5)6/h10H,7,9H2,1-6,8H3,(H,18,19)/b12-11-,17-13?. The van der Waals surface area contributed by atoms with Gasteiger partial charge in [0.05, 0.1) is 11.4 Å². The largest absolute Gasteiger partial charge is 0.352 e. The van der Waals surface area contributed by atoms with E-state index in [0.717, 1.165) is 5.71 Å². The molecule has 0 fully saturated rings. The van der Waals surface area contributed by atoms with Crippen molar-refractivity contribution in [3.63, 3.8) is 0 Å². The van der Waals surface area contributed by atoms with E-state index in [-0.39, 0.29) is 11.3 Å². The third-order valence-electron chi connectivity index (χ3n) is 2.68. The minimum Gasteiger partial charge on any atom is -0.352 e. The fourth-order valence-electron chi connectivity index (χ4n) is 1.70. The maximum absolute atomic E-state index is 12.1. The highest BCUT2D eigenvalue weighted by Crippen LogP contribution is 2.24. The van der Waals surface area contributed by atoms with Crippen LogP contribution in [0.25, 0.3) is 0 Å². The Morgan fingerprint density at radius 2 is 1.84 bits per heavy atom. The fourth-order valence-corrected chi connectivity index (χ4v) is 1.70. The lowest BCUT2D eigenvalue weighted by atomic mass is 9.86. The molecule has 0 aliphatic carbocycles. The zero-order chi connectivity index (χ0) is 15.2. The van der Waals surface area contributed by atoms with Crippen LogP contribution in [0.15, 0.2) is 21.3 Å². The van der Waals surface area contributed by atoms with Crippen LogP contribution in [0.5, 0.6) is 0 Å². The normalized spacial score (nSPS) is 14.2. The van der Waals surface area contributed by atoms with Crippen LogP contribution < -0.4 is 5.32 Å². The van der Waals surface area contributed by atoms with Crippen LogP contribution in [0.3, 0.4) is 0 Å². The zero-order valence-electron chi connectivity index (χ0n) is 13.3. The monoisotopic (exact) mass is 265 g/mol. The lowest BCUT2D eigenvalue weighted by Crippen LogP contribution is -2.31. The minimum atomic E-state index is -0.176. The summed E-state index contributed by atoms with van der Waals surface area (Å²) in [5, 5.41) is 2.89. The number of carbonyl (C=O) groups excluding carboxylic acids is 1. The summed E-state index contributed by atoms with van der Waals surface area (Å²) in [4.78, 5) is 20.4. The van der Waals surface area contributed by atoms with Crippen molar-refractivity contribution in [3.05, 3.63) is 11.3 Å². The fraction of sp³-hybridized carbons (Fsp3) is 0.667. The van der Waals surface area contributed by atoms with Crippen molar-refractivity contribution in [2.24, 2.45) is 21.3 Å². The minimum absolute atomic E-state index is 0.110. The molecule has 0 saturated heterocycles. The van der Waals surface area contributed by atoms with Crippen molar-refractivity contribution in [1.82, 2.24) is 5.32 Å². The Balaban J connectivity index is 5.35. The van der Waals surface area contributed by atoms with Crippen LogP contribution in [-0.2, 0) is 4.79 Å². The Labute approximate surface area is 117 Å². The van der Waals surface area contributed by atoms with Crippen molar-refractivity contribution in [3.8, 4) is 0 Å². The van der Waals surface area contributed by atoms with Gasteiger partial charge in [-0.25, -0.2) is 0 Å². The van der Waals surface area contributed by atoms with Gasteiger partial charge < -0.3 is 5.32 Å². The smallest absolute Gasteiger partial charge is 0.249 e. The Hall–Kier alpha value is -1.45. The second-order valence-corrected chi connectivity index (χ2v) is 6.06. The Morgan fingerprint density at radius 3 is 2.16 bits per heavy atom. The van der Waals surface area contributed by atoms with E-state index in [2.05, 4.69) is 35.9 Å². The summed E-state index contributed by atoms with van der Waals surface area (Å²) >= 11 is 0. The first kappa shape index (κ1) is 17.6. The third-order valence-corrected chi connectivity index (χ3v) is 2.68. The van der Waals surface area contributed by atoms with Gasteiger partial charge in [-0.05, 0) is 19.6 Å². The van der Waals surface area contributed by atoms with Crippen LogP contribution in [0.2, 0.25) is 0 Å². The summed E-state index contributed by atoms with van der Waals surface area (Å²) in [5.41, 5.74) is 1.76. The van der Waals surface area contributed by atoms with Crippen molar-refractivity contribution >= 4 is 18.3 Å². The second kappa shape index (κ2) is 7.22. The molecule has 0 aliphatic heterocycles. The lowest BCUT2D eigenvalue weighted by Gasteiger charge is -2.22. The molecule has 0 unspecified atom stereocenters. The molecule has 4 nitrogen and oxygen atoms in total. The van der Waals surface area contributed by atoms with E-state index in [1.54, 1.807) is 14.0 Å². The molecule has 0 aromatic rings. The van der Waals surface area contributed by atoms with Gasteiger partial charge in [0.2, 0.25) is 5.91 Å². The molecule has 0 atom stereocenters. The van der Waals surface area contributed by atoms with E-state index in [9.17, 15) is 4.79 Å². The zero-order valence-corrected chi connectivity index (χ0v) is 13.3. The molecule has 0 spiro atoms. The Morgan fingerprint density at radius 1 is 1.32 bits per heavy atom. The van der Waals surface area contributed by atoms with Crippen LogP contribution >= 0.6 is 0 Å². The van der Waals surface area contributed by atoms with Gasteiger partial charge in [0.25, 0.3) is 0 Å². The number of amides is 1. The summed E-state index contributed by atoms with van der Waals surface area (Å²) in [6, 6.07) is 0. The summed E-state index contributed by atoms with van der Waals surface area (Å²) in [6.07, 6.45) is 0. The van der Waals surface area contributed by atoms with Gasteiger partial charge in [-0.1, -0.05) is 34.6 Å². The molecular weight excluding hydrogens is 238 g/mol. The molecule has 0 aromatic carbocycles. The predicted molar refractivity (Wildman–Crippen MR) is 82.9 cm³/mol. The number of carbonyl (C=O) groups is 1. The highest BCUT2D eigenvalue weighted by molar-refractivity contribution is 6.10. The van der Waals surface area contributed by atoms with Gasteiger partial charge in [-0.3, -0.25) is 14.8 Å². The van der Waals surface area contributed by atoms with E-state index in [1.165, 1.54) is 0 Å². The Bertz CT molecular complexity index is 398. The summed E-state index contributed by atoms with van der Waals surface area (Å²) < 4.78 is 0. The third kappa shape index (κ3) is 5.37. The van der Waals surface area contributed by atoms with Gasteiger partial charge in [0.15, 0.2) is 0 Å². The molecular formula is C15H27N3O. The van der Waals surface area contributed by atoms with Crippen molar-refractivity contribution in [2.45, 2.75) is 41.5 Å². The van der Waals surface area contributed by atoms with Crippen LogP contribution in [0.1, 0.15) is 41.5 Å². The first-order valence-electron chi connectivity index (χ1n) is 6.58. The van der Waals surface area contributed by atoms with E-state index < -0.39 is 0 Å². The van der Waals surface area contributed by atoms with Gasteiger partial charge in [0, 0.05) is 24.6 Å². The average molecular weight is 265 g/mol. The topological polar surface area (TPSA) is 53.8 Å². The quantitative estimate of drug-likeness (QED) is 0.603. The number of nitrogens with zero attached hydrogens (tertiary/aromatic N) is 2. The molecule has 0 bridgehead atoms. The molecule has 0 saturated carbocycles. The summed E-state index contributed by atoms with van der Waals surface area (Å²) in [7, 11) is 1.71. The highest BCUT2D eigenvalue weighted by atomic mass is 16.1. The molecule has 0 aromatic heterocycles. The number of rotatable bonds is 5. The van der Waals surface area contributed by atoms with E-state index in [4.69, 9.17) is 0 Å². The van der Waals surface area contributed by atoms with Gasteiger partial charge >= 0.3 is 0 Å². The number of hydrogen-bond donors (Lipinski definition) is 1. The van der Waals surface area contributed by atoms with Crippen LogP contribution in [0, 0.1) is 11.3 Å². The number of hydrogen-bond acceptors (Lipinski definition) is 3. The lowest BCUT2D eigenvalue weighted by molar-refractivity contribution is -0.117. The van der Waals surface area contributed by atoms with Crippen molar-refractivity contribution in [2.75, 3.05) is 13.6 Å². The molecule has 1 N–H and O–H groups in total. The molecule has 4 heteroatoms. The second-order valence-electron chi connectivity index (χ2n) is 6.06. The molecule has 1 amide bonds. The van der Waals surface area contributed by atoms with Gasteiger partial charge in [-0.2, -0.15) is 0 Å². The molecule has 0 radical (unpaired) electrons.